The average molecular weight is 298 g/mol. The van der Waals surface area contributed by atoms with Crippen LogP contribution in [0, 0.1) is 0 Å². The Morgan fingerprint density at radius 3 is 1.93 bits per heavy atom. The van der Waals surface area contributed by atoms with Gasteiger partial charge >= 0.3 is 12.0 Å². The Morgan fingerprint density at radius 1 is 1.20 bits per heavy atom. The van der Waals surface area contributed by atoms with Gasteiger partial charge in [0.25, 0.3) is 0 Å². The van der Waals surface area contributed by atoms with Crippen molar-refractivity contribution in [2.75, 3.05) is 18.2 Å². The lowest BCUT2D eigenvalue weighted by atomic mass is 11.0. The van der Waals surface area contributed by atoms with Gasteiger partial charge in [0.15, 0.2) is 0 Å². The summed E-state index contributed by atoms with van der Waals surface area (Å²) in [5, 5.41) is -4.01. The number of halogens is 2. The zero-order valence-electron chi connectivity index (χ0n) is 8.64. The maximum atomic E-state index is 13.5. The molecule has 0 aliphatic rings. The molecular formula is C6H14F2O3P2S2. The minimum Gasteiger partial charge on any atom is -0.332 e. The summed E-state index contributed by atoms with van der Waals surface area (Å²) in [5.41, 5.74) is 0. The van der Waals surface area contributed by atoms with Crippen LogP contribution in [0.1, 0.15) is 13.8 Å². The van der Waals surface area contributed by atoms with Crippen molar-refractivity contribution in [1.82, 2.24) is 0 Å². The predicted molar refractivity (Wildman–Crippen MR) is 64.6 cm³/mol. The van der Waals surface area contributed by atoms with Gasteiger partial charge in [0, 0.05) is 6.66 Å². The molecule has 2 atom stereocenters. The van der Waals surface area contributed by atoms with Gasteiger partial charge in [-0.3, -0.25) is 4.57 Å². The monoisotopic (exact) mass is 298 g/mol. The lowest BCUT2D eigenvalue weighted by Crippen LogP contribution is -2.13. The molecule has 0 bridgehead atoms. The molecule has 0 saturated carbocycles. The molecule has 0 fully saturated rings. The Bertz CT molecular complexity index is 283. The molecule has 92 valence electrons. The van der Waals surface area contributed by atoms with E-state index in [2.05, 4.69) is 0 Å². The molecule has 0 heterocycles. The number of hydrogen-bond donors (Lipinski definition) is 1. The number of alkyl halides is 2. The zero-order valence-corrected chi connectivity index (χ0v) is 12.1. The molecule has 3 nitrogen and oxygen atoms in total. The standard InChI is InChI=1S/C6H14F2O3P2S2/c1-4-14-12(3,9)6(7,8)13(10,11)15-5-2/h4-5H2,1-3H3,(H,10,11). The van der Waals surface area contributed by atoms with Crippen LogP contribution in [-0.4, -0.2) is 28.5 Å². The highest BCUT2D eigenvalue weighted by Crippen LogP contribution is 2.83. The second kappa shape index (κ2) is 5.54. The molecule has 0 aromatic rings. The van der Waals surface area contributed by atoms with Gasteiger partial charge in [-0.2, -0.15) is 8.78 Å². The minimum absolute atomic E-state index is 0.0835. The van der Waals surface area contributed by atoms with Crippen molar-refractivity contribution in [1.29, 1.82) is 0 Å². The first kappa shape index (κ1) is 16.0. The minimum atomic E-state index is -4.75. The molecule has 0 saturated heterocycles. The van der Waals surface area contributed by atoms with Gasteiger partial charge < -0.3 is 9.46 Å². The summed E-state index contributed by atoms with van der Waals surface area (Å²) in [7, 11) is 0. The summed E-state index contributed by atoms with van der Waals surface area (Å²) in [6.45, 7) is -0.813. The summed E-state index contributed by atoms with van der Waals surface area (Å²) in [6, 6.07) is 0. The molecule has 0 aliphatic carbocycles. The Balaban J connectivity index is 5.12. The molecule has 9 heteroatoms. The molecule has 0 radical (unpaired) electrons. The summed E-state index contributed by atoms with van der Waals surface area (Å²) < 4.78 is 50.0. The van der Waals surface area contributed by atoms with Crippen molar-refractivity contribution >= 4 is 35.7 Å². The van der Waals surface area contributed by atoms with E-state index in [-0.39, 0.29) is 22.9 Å². The van der Waals surface area contributed by atoms with Gasteiger partial charge in [-0.15, -0.1) is 0 Å². The van der Waals surface area contributed by atoms with Crippen LogP contribution < -0.4 is 0 Å². The predicted octanol–water partition coefficient (Wildman–Crippen LogP) is 4.14. The Morgan fingerprint density at radius 2 is 1.60 bits per heavy atom. The fourth-order valence-corrected chi connectivity index (χ4v) is 11.2. The number of rotatable bonds is 6. The van der Waals surface area contributed by atoms with Crippen molar-refractivity contribution in [3.63, 3.8) is 0 Å². The third-order valence-corrected chi connectivity index (χ3v) is 12.7. The van der Waals surface area contributed by atoms with Crippen LogP contribution in [-0.2, 0) is 9.13 Å². The molecule has 0 aliphatic heterocycles. The summed E-state index contributed by atoms with van der Waals surface area (Å²) >= 11 is 0.822. The van der Waals surface area contributed by atoms with Gasteiger partial charge in [0.1, 0.15) is 0 Å². The second-order valence-corrected chi connectivity index (χ2v) is 13.7. The Kier molecular flexibility index (Phi) is 5.91. The smallest absolute Gasteiger partial charge is 0.332 e. The third kappa shape index (κ3) is 3.47. The summed E-state index contributed by atoms with van der Waals surface area (Å²) in [5.74, 6) is 0.306. The van der Waals surface area contributed by atoms with Crippen molar-refractivity contribution in [2.45, 2.75) is 19.3 Å². The van der Waals surface area contributed by atoms with Crippen molar-refractivity contribution in [2.24, 2.45) is 0 Å². The fourth-order valence-electron chi connectivity index (χ4n) is 0.806. The average Bonchev–Trinajstić information content (AvgIpc) is 2.03. The first-order valence-corrected chi connectivity index (χ1v) is 11.2. The molecular weight excluding hydrogens is 284 g/mol. The molecule has 2 unspecified atom stereocenters. The van der Waals surface area contributed by atoms with Gasteiger partial charge in [-0.1, -0.05) is 36.6 Å². The highest BCUT2D eigenvalue weighted by molar-refractivity contribution is 8.64. The van der Waals surface area contributed by atoms with Gasteiger partial charge in [-0.25, -0.2) is 0 Å². The Labute approximate surface area is 96.1 Å². The first-order valence-electron chi connectivity index (χ1n) is 4.19. The molecule has 0 amide bonds. The van der Waals surface area contributed by atoms with E-state index in [1.54, 1.807) is 6.92 Å². The van der Waals surface area contributed by atoms with E-state index in [0.29, 0.717) is 11.4 Å². The van der Waals surface area contributed by atoms with E-state index in [9.17, 15) is 22.8 Å². The molecule has 0 spiro atoms. The lowest BCUT2D eigenvalue weighted by Gasteiger charge is -2.26. The highest BCUT2D eigenvalue weighted by atomic mass is 32.7. The van der Waals surface area contributed by atoms with E-state index < -0.39 is 18.3 Å². The maximum Gasteiger partial charge on any atom is 0.388 e. The van der Waals surface area contributed by atoms with Crippen LogP contribution in [0.5, 0.6) is 0 Å². The molecule has 0 aromatic heterocycles. The van der Waals surface area contributed by atoms with Gasteiger partial charge in [0.05, 0.1) is 0 Å². The lowest BCUT2D eigenvalue weighted by molar-refractivity contribution is 0.169. The summed E-state index contributed by atoms with van der Waals surface area (Å²) in [4.78, 5) is 9.19. The normalized spacial score (nSPS) is 20.7. The first-order chi connectivity index (χ1) is 6.62. The quantitative estimate of drug-likeness (QED) is 0.747. The Hall–Kier alpha value is 0.980. The van der Waals surface area contributed by atoms with Crippen LogP contribution in [0.25, 0.3) is 0 Å². The van der Waals surface area contributed by atoms with E-state index in [1.807, 2.05) is 0 Å². The van der Waals surface area contributed by atoms with Crippen LogP contribution in [0.15, 0.2) is 0 Å². The second-order valence-electron chi connectivity index (χ2n) is 2.71. The van der Waals surface area contributed by atoms with E-state index in [0.717, 1.165) is 6.66 Å². The summed E-state index contributed by atoms with van der Waals surface area (Å²) in [6.07, 6.45) is -4.00. The van der Waals surface area contributed by atoms with E-state index in [4.69, 9.17) is 0 Å². The van der Waals surface area contributed by atoms with E-state index in [1.165, 1.54) is 6.92 Å². The largest absolute Gasteiger partial charge is 0.388 e. The van der Waals surface area contributed by atoms with Crippen molar-refractivity contribution < 1.29 is 22.8 Å². The van der Waals surface area contributed by atoms with Crippen LogP contribution in [0.4, 0.5) is 8.78 Å². The van der Waals surface area contributed by atoms with Crippen molar-refractivity contribution in [3.05, 3.63) is 0 Å². The van der Waals surface area contributed by atoms with Gasteiger partial charge in [0.2, 0.25) is 6.34 Å². The SMILES string of the molecule is CCSP(C)(=O)C(F)(F)P(=O)(O)SCC. The zero-order chi connectivity index (χ0) is 12.3. The fraction of sp³-hybridized carbons (Fsp3) is 1.00. The van der Waals surface area contributed by atoms with E-state index >= 15 is 0 Å². The van der Waals surface area contributed by atoms with Crippen molar-refractivity contribution in [3.8, 4) is 0 Å². The van der Waals surface area contributed by atoms with Crippen LogP contribution in [0.2, 0.25) is 0 Å². The van der Waals surface area contributed by atoms with Crippen LogP contribution >= 0.6 is 35.7 Å². The molecule has 1 N–H and O–H groups in total. The third-order valence-electron chi connectivity index (χ3n) is 1.51. The highest BCUT2D eigenvalue weighted by Gasteiger charge is 2.60. The maximum absolute atomic E-state index is 13.5. The van der Waals surface area contributed by atoms with Crippen LogP contribution in [0.3, 0.4) is 0 Å². The topological polar surface area (TPSA) is 54.4 Å². The molecule has 15 heavy (non-hydrogen) atoms. The molecule has 0 rings (SSSR count). The van der Waals surface area contributed by atoms with Gasteiger partial charge in [-0.05, 0) is 11.5 Å². The molecule has 0 aromatic carbocycles. The number of hydrogen-bond acceptors (Lipinski definition) is 4.